The first-order valence-corrected chi connectivity index (χ1v) is 12.7. The van der Waals surface area contributed by atoms with Crippen molar-refractivity contribution in [1.29, 1.82) is 0 Å². The second-order valence-corrected chi connectivity index (χ2v) is 9.82. The van der Waals surface area contributed by atoms with Gasteiger partial charge in [0.2, 0.25) is 0 Å². The molecule has 0 saturated carbocycles. The highest BCUT2D eigenvalue weighted by molar-refractivity contribution is 7.80. The molecular weight excluding hydrogens is 440 g/mol. The molecule has 1 unspecified atom stereocenters. The van der Waals surface area contributed by atoms with Crippen LogP contribution in [0.25, 0.3) is 55.4 Å². The molecule has 0 bridgehead atoms. The Morgan fingerprint density at radius 3 is 2.71 bits per heavy atom. The van der Waals surface area contributed by atoms with E-state index >= 15 is 0 Å². The monoisotopic (exact) mass is 459 g/mol. The third-order valence-corrected chi connectivity index (χ3v) is 6.96. The summed E-state index contributed by atoms with van der Waals surface area (Å²) in [4.78, 5) is 24.7. The maximum absolute atomic E-state index is 12.1. The third kappa shape index (κ3) is 3.24. The summed E-state index contributed by atoms with van der Waals surface area (Å²) >= 11 is 0. The summed E-state index contributed by atoms with van der Waals surface area (Å²) in [7, 11) is 5.31. The zero-order chi connectivity index (χ0) is 23.4. The number of H-pyrrole nitrogens is 1. The Morgan fingerprint density at radius 2 is 1.88 bits per heavy atom. The van der Waals surface area contributed by atoms with E-state index in [-0.39, 0.29) is 5.78 Å². The molecule has 162 valence electrons. The van der Waals surface area contributed by atoms with Crippen molar-refractivity contribution < 1.29 is 4.79 Å². The Labute approximate surface area is 198 Å². The highest BCUT2D eigenvalue weighted by Gasteiger charge is 2.19. The first kappa shape index (κ1) is 20.8. The summed E-state index contributed by atoms with van der Waals surface area (Å²) < 4.78 is 1.87. The van der Waals surface area contributed by atoms with Crippen LogP contribution in [-0.2, 0) is 0 Å². The van der Waals surface area contributed by atoms with Gasteiger partial charge in [0.25, 0.3) is 0 Å². The van der Waals surface area contributed by atoms with Gasteiger partial charge in [-0.1, -0.05) is 36.4 Å². The number of Topliss-reactive ketones (excluding diaryl/α,β-unsaturated/α-hetero) is 1. The normalized spacial score (nSPS) is 12.5. The highest BCUT2D eigenvalue weighted by atomic mass is 31.1. The van der Waals surface area contributed by atoms with Crippen molar-refractivity contribution in [1.82, 2.24) is 24.5 Å². The quantitative estimate of drug-likeness (QED) is 0.201. The van der Waals surface area contributed by atoms with Gasteiger partial charge < -0.3 is 4.98 Å². The van der Waals surface area contributed by atoms with Crippen LogP contribution in [0.3, 0.4) is 0 Å². The number of hydrogen-bond acceptors (Lipinski definition) is 4. The molecule has 0 aliphatic rings. The molecule has 1 N–H and O–H groups in total. The molecule has 6 nitrogen and oxygen atoms in total. The zero-order valence-electron chi connectivity index (χ0n) is 18.6. The number of aromatic amines is 1. The number of para-hydroxylation sites is 1. The minimum atomic E-state index is -1.000. The van der Waals surface area contributed by atoms with Gasteiger partial charge in [-0.2, -0.15) is 5.10 Å². The van der Waals surface area contributed by atoms with E-state index in [0.717, 1.165) is 38.3 Å². The standard InChI is InChI=1S/C26H19BN5OP/c1-15(33)18-8-5-9-22-24(18)30-26(29-22)25-20-12-16(10-11-23(20)32(31-25)34(2)27)21-14-28-13-17-6-3-4-7-19(17)21/h3-14H,1-2H3,(H,29,30). The van der Waals surface area contributed by atoms with E-state index in [1.165, 1.54) is 0 Å². The maximum Gasteiger partial charge on any atom is 0.162 e. The predicted octanol–water partition coefficient (Wildman–Crippen LogP) is 5.96. The number of hydrogen-bond donors (Lipinski definition) is 1. The number of fused-ring (bicyclic) bond motifs is 3. The summed E-state index contributed by atoms with van der Waals surface area (Å²) in [5.41, 5.74) is 5.76. The number of nitrogens with zero attached hydrogens (tertiary/aromatic N) is 4. The lowest BCUT2D eigenvalue weighted by Gasteiger charge is -2.09. The van der Waals surface area contributed by atoms with Gasteiger partial charge in [-0.15, -0.1) is 0 Å². The second-order valence-electron chi connectivity index (χ2n) is 8.30. The summed E-state index contributed by atoms with van der Waals surface area (Å²) in [5, 5.41) is 8.01. The third-order valence-electron chi connectivity index (χ3n) is 6.06. The van der Waals surface area contributed by atoms with Gasteiger partial charge in [0.15, 0.2) is 11.6 Å². The first-order valence-electron chi connectivity index (χ1n) is 10.9. The molecule has 3 heterocycles. The fraction of sp³-hybridized carbons (Fsp3) is 0.0769. The average molecular weight is 459 g/mol. The lowest BCUT2D eigenvalue weighted by molar-refractivity contribution is 0.101. The van der Waals surface area contributed by atoms with Crippen molar-refractivity contribution in [2.24, 2.45) is 0 Å². The summed E-state index contributed by atoms with van der Waals surface area (Å²) in [5.74, 6) is 0.585. The smallest absolute Gasteiger partial charge is 0.162 e. The Bertz CT molecular complexity index is 1730. The van der Waals surface area contributed by atoms with Crippen LogP contribution >= 0.6 is 7.95 Å². The molecule has 0 fully saturated rings. The lowest BCUT2D eigenvalue weighted by atomic mass is 9.99. The Hall–Kier alpha value is -3.83. The van der Waals surface area contributed by atoms with Crippen LogP contribution in [0.2, 0.25) is 0 Å². The van der Waals surface area contributed by atoms with Crippen molar-refractivity contribution in [3.05, 3.63) is 78.6 Å². The average Bonchev–Trinajstić information content (AvgIpc) is 3.44. The predicted molar refractivity (Wildman–Crippen MR) is 140 cm³/mol. The molecule has 0 amide bonds. The van der Waals surface area contributed by atoms with Gasteiger partial charge in [-0.05, 0) is 56.8 Å². The topological polar surface area (TPSA) is 76.5 Å². The van der Waals surface area contributed by atoms with E-state index in [1.807, 2.05) is 47.8 Å². The number of carbonyl (C=O) groups is 1. The molecule has 6 rings (SSSR count). The van der Waals surface area contributed by atoms with Crippen molar-refractivity contribution in [2.75, 3.05) is 6.66 Å². The molecule has 0 spiro atoms. The Morgan fingerprint density at radius 1 is 1.03 bits per heavy atom. The highest BCUT2D eigenvalue weighted by Crippen LogP contribution is 2.39. The van der Waals surface area contributed by atoms with Crippen LogP contribution < -0.4 is 0 Å². The molecule has 0 aliphatic carbocycles. The van der Waals surface area contributed by atoms with Gasteiger partial charge in [-0.25, -0.2) is 4.98 Å². The zero-order valence-corrected chi connectivity index (χ0v) is 19.5. The number of imidazole rings is 1. The molecule has 3 aromatic carbocycles. The van der Waals surface area contributed by atoms with Gasteiger partial charge in [0.05, 0.1) is 16.6 Å². The maximum atomic E-state index is 12.1. The molecule has 0 saturated heterocycles. The number of rotatable bonds is 4. The number of pyridine rings is 1. The van der Waals surface area contributed by atoms with Crippen LogP contribution in [0.15, 0.2) is 73.1 Å². The van der Waals surface area contributed by atoms with Crippen LogP contribution in [-0.4, -0.2) is 44.5 Å². The largest absolute Gasteiger partial charge is 0.337 e. The number of aromatic nitrogens is 5. The fourth-order valence-electron chi connectivity index (χ4n) is 4.46. The first-order chi connectivity index (χ1) is 16.5. The minimum Gasteiger partial charge on any atom is -0.337 e. The molecule has 34 heavy (non-hydrogen) atoms. The minimum absolute atomic E-state index is 0.0242. The molecule has 0 aliphatic heterocycles. The molecule has 8 heteroatoms. The number of nitrogens with one attached hydrogen (secondary N) is 1. The molecule has 2 radical (unpaired) electrons. The number of benzene rings is 3. The van der Waals surface area contributed by atoms with Gasteiger partial charge in [0.1, 0.15) is 13.3 Å². The van der Waals surface area contributed by atoms with Crippen molar-refractivity contribution in [3.63, 3.8) is 0 Å². The van der Waals surface area contributed by atoms with E-state index in [2.05, 4.69) is 40.3 Å². The number of carbonyl (C=O) groups excluding carboxylic acids is 1. The van der Waals surface area contributed by atoms with Crippen molar-refractivity contribution in [3.8, 4) is 22.6 Å². The van der Waals surface area contributed by atoms with Crippen LogP contribution in [0.1, 0.15) is 17.3 Å². The van der Waals surface area contributed by atoms with Crippen LogP contribution in [0.5, 0.6) is 0 Å². The van der Waals surface area contributed by atoms with Gasteiger partial charge in [-0.3, -0.25) is 14.2 Å². The van der Waals surface area contributed by atoms with E-state index in [0.29, 0.717) is 22.6 Å². The summed E-state index contributed by atoms with van der Waals surface area (Å²) in [6.07, 6.45) is 3.77. The Kier molecular flexibility index (Phi) is 4.82. The van der Waals surface area contributed by atoms with E-state index in [4.69, 9.17) is 17.6 Å². The molecule has 6 aromatic rings. The van der Waals surface area contributed by atoms with Crippen molar-refractivity contribution >= 4 is 54.0 Å². The molecule has 3 aromatic heterocycles. The van der Waals surface area contributed by atoms with Crippen LogP contribution in [0, 0.1) is 0 Å². The summed E-state index contributed by atoms with van der Waals surface area (Å²) in [6.45, 7) is 3.51. The van der Waals surface area contributed by atoms with Crippen LogP contribution in [0.4, 0.5) is 0 Å². The van der Waals surface area contributed by atoms with Gasteiger partial charge >= 0.3 is 0 Å². The van der Waals surface area contributed by atoms with Crippen molar-refractivity contribution in [2.45, 2.75) is 6.92 Å². The van der Waals surface area contributed by atoms with Gasteiger partial charge in [0, 0.05) is 34.3 Å². The fourth-order valence-corrected chi connectivity index (χ4v) is 5.21. The second kappa shape index (κ2) is 7.89. The SMILES string of the molecule is [B]P(C)n1nc(-c2nc3c(C(C)=O)cccc3[nH]2)c2cc(-c3cncc4ccccc34)ccc21. The Balaban J connectivity index is 1.61. The van der Waals surface area contributed by atoms with E-state index in [1.54, 1.807) is 13.0 Å². The summed E-state index contributed by atoms with van der Waals surface area (Å²) in [6, 6.07) is 20.0. The molecular formula is C26H19BN5OP. The number of ketones is 1. The molecule has 1 atom stereocenters. The van der Waals surface area contributed by atoms with E-state index < -0.39 is 7.95 Å². The van der Waals surface area contributed by atoms with E-state index in [9.17, 15) is 4.79 Å². The lowest BCUT2D eigenvalue weighted by Crippen LogP contribution is -1.93.